The maximum absolute atomic E-state index is 5.88. The second-order valence-electron chi connectivity index (χ2n) is 6.62. The Kier molecular flexibility index (Phi) is 4.13. The summed E-state index contributed by atoms with van der Waals surface area (Å²) in [5.41, 5.74) is 0.787. The van der Waals surface area contributed by atoms with Crippen LogP contribution in [-0.2, 0) is 4.74 Å². The van der Waals surface area contributed by atoms with Gasteiger partial charge in [0.15, 0.2) is 5.65 Å². The van der Waals surface area contributed by atoms with E-state index in [0.717, 1.165) is 44.3 Å². The zero-order chi connectivity index (χ0) is 15.6. The largest absolute Gasteiger partial charge is 0.377 e. The molecule has 2 aliphatic rings. The summed E-state index contributed by atoms with van der Waals surface area (Å²) in [5.74, 6) is 0.998. The van der Waals surface area contributed by atoms with E-state index < -0.39 is 0 Å². The SMILES string of the molecule is C[C@H]1CN(C[C@@H]2CCCCO2)CCN1c1ccc2nncn2n1. The first-order valence-electron chi connectivity index (χ1n) is 8.57. The van der Waals surface area contributed by atoms with E-state index in [1.165, 1.54) is 19.3 Å². The van der Waals surface area contributed by atoms with Crippen LogP contribution in [0.5, 0.6) is 0 Å². The second-order valence-corrected chi connectivity index (χ2v) is 6.62. The highest BCUT2D eigenvalue weighted by Crippen LogP contribution is 2.20. The number of hydrogen-bond acceptors (Lipinski definition) is 6. The van der Waals surface area contributed by atoms with E-state index in [4.69, 9.17) is 4.74 Å². The van der Waals surface area contributed by atoms with E-state index in [9.17, 15) is 0 Å². The molecule has 4 rings (SSSR count). The average molecular weight is 316 g/mol. The van der Waals surface area contributed by atoms with E-state index in [1.807, 2.05) is 12.1 Å². The second kappa shape index (κ2) is 6.41. The molecule has 7 nitrogen and oxygen atoms in total. The van der Waals surface area contributed by atoms with Crippen molar-refractivity contribution in [1.29, 1.82) is 0 Å². The van der Waals surface area contributed by atoms with E-state index >= 15 is 0 Å². The Labute approximate surface area is 136 Å². The van der Waals surface area contributed by atoms with Crippen LogP contribution in [0.1, 0.15) is 26.2 Å². The lowest BCUT2D eigenvalue weighted by atomic mass is 10.1. The lowest BCUT2D eigenvalue weighted by Gasteiger charge is -2.41. The van der Waals surface area contributed by atoms with Crippen LogP contribution in [0.25, 0.3) is 5.65 Å². The Morgan fingerprint density at radius 2 is 2.22 bits per heavy atom. The third kappa shape index (κ3) is 3.16. The molecule has 0 saturated carbocycles. The van der Waals surface area contributed by atoms with Crippen LogP contribution in [-0.4, -0.2) is 69.6 Å². The van der Waals surface area contributed by atoms with Crippen LogP contribution in [0.2, 0.25) is 0 Å². The molecule has 0 aliphatic carbocycles. The summed E-state index contributed by atoms with van der Waals surface area (Å²) < 4.78 is 7.62. The third-order valence-corrected chi connectivity index (χ3v) is 4.89. The highest BCUT2D eigenvalue weighted by atomic mass is 16.5. The van der Waals surface area contributed by atoms with Crippen molar-refractivity contribution in [3.63, 3.8) is 0 Å². The van der Waals surface area contributed by atoms with Gasteiger partial charge in [-0.15, -0.1) is 15.3 Å². The summed E-state index contributed by atoms with van der Waals surface area (Å²) in [4.78, 5) is 4.91. The first-order valence-corrected chi connectivity index (χ1v) is 8.57. The molecule has 2 aromatic rings. The van der Waals surface area contributed by atoms with Crippen molar-refractivity contribution in [3.8, 4) is 0 Å². The van der Waals surface area contributed by atoms with Gasteiger partial charge in [0, 0.05) is 38.8 Å². The predicted octanol–water partition coefficient (Wildman–Crippen LogP) is 1.20. The molecule has 0 spiro atoms. The Bertz CT molecular complexity index is 653. The van der Waals surface area contributed by atoms with Gasteiger partial charge < -0.3 is 9.64 Å². The smallest absolute Gasteiger partial charge is 0.177 e. The van der Waals surface area contributed by atoms with Crippen LogP contribution in [0.15, 0.2) is 18.5 Å². The molecule has 2 atom stereocenters. The molecule has 2 fully saturated rings. The van der Waals surface area contributed by atoms with E-state index in [1.54, 1.807) is 10.8 Å². The van der Waals surface area contributed by atoms with Crippen LogP contribution < -0.4 is 4.90 Å². The van der Waals surface area contributed by atoms with Crippen LogP contribution in [0, 0.1) is 0 Å². The van der Waals surface area contributed by atoms with Crippen LogP contribution >= 0.6 is 0 Å². The first kappa shape index (κ1) is 14.8. The molecule has 0 aromatic carbocycles. The van der Waals surface area contributed by atoms with E-state index in [-0.39, 0.29) is 0 Å². The standard InChI is InChI=1S/C16H24N6O/c1-13-10-20(11-14-4-2-3-9-23-14)7-8-21(13)16-6-5-15-18-17-12-22(15)19-16/h5-6,12-14H,2-4,7-11H2,1H3/t13-,14-/m0/s1. The van der Waals surface area contributed by atoms with Gasteiger partial charge in [-0.2, -0.15) is 4.52 Å². The van der Waals surface area contributed by atoms with Crippen molar-refractivity contribution >= 4 is 11.5 Å². The molecule has 0 unspecified atom stereocenters. The quantitative estimate of drug-likeness (QED) is 0.848. The third-order valence-electron chi connectivity index (χ3n) is 4.89. The number of nitrogens with zero attached hydrogens (tertiary/aromatic N) is 6. The minimum Gasteiger partial charge on any atom is -0.377 e. The fraction of sp³-hybridized carbons (Fsp3) is 0.688. The summed E-state index contributed by atoms with van der Waals surface area (Å²) in [6.07, 6.45) is 5.82. The molecule has 124 valence electrons. The molecule has 23 heavy (non-hydrogen) atoms. The molecule has 0 amide bonds. The fourth-order valence-electron chi connectivity index (χ4n) is 3.65. The molecule has 0 N–H and O–H groups in total. The van der Waals surface area contributed by atoms with E-state index in [2.05, 4.69) is 32.0 Å². The molecule has 4 heterocycles. The molecular formula is C16H24N6O. The lowest BCUT2D eigenvalue weighted by molar-refractivity contribution is -0.00826. The molecular weight excluding hydrogens is 292 g/mol. The number of anilines is 1. The van der Waals surface area contributed by atoms with Gasteiger partial charge in [0.1, 0.15) is 12.1 Å². The number of aromatic nitrogens is 4. The first-order chi connectivity index (χ1) is 11.3. The molecule has 0 bridgehead atoms. The molecule has 2 aromatic heterocycles. The topological polar surface area (TPSA) is 58.8 Å². The van der Waals surface area contributed by atoms with Crippen molar-refractivity contribution < 1.29 is 4.74 Å². The minimum absolute atomic E-state index is 0.425. The Hall–Kier alpha value is -1.73. The zero-order valence-corrected chi connectivity index (χ0v) is 13.6. The van der Waals surface area contributed by atoms with Gasteiger partial charge in [-0.05, 0) is 38.3 Å². The number of ether oxygens (including phenoxy) is 1. The van der Waals surface area contributed by atoms with Gasteiger partial charge in [-0.1, -0.05) is 0 Å². The minimum atomic E-state index is 0.425. The van der Waals surface area contributed by atoms with Gasteiger partial charge in [-0.25, -0.2) is 0 Å². The van der Waals surface area contributed by atoms with Crippen molar-refractivity contribution in [2.24, 2.45) is 0 Å². The maximum Gasteiger partial charge on any atom is 0.177 e. The number of piperazine rings is 1. The Morgan fingerprint density at radius 1 is 1.26 bits per heavy atom. The van der Waals surface area contributed by atoms with Crippen molar-refractivity contribution in [3.05, 3.63) is 18.5 Å². The normalized spacial score (nSPS) is 26.7. The van der Waals surface area contributed by atoms with Gasteiger partial charge in [-0.3, -0.25) is 4.90 Å². The van der Waals surface area contributed by atoms with Gasteiger partial charge in [0.2, 0.25) is 0 Å². The summed E-state index contributed by atoms with van der Waals surface area (Å²) in [6, 6.07) is 4.46. The number of fused-ring (bicyclic) bond motifs is 1. The van der Waals surface area contributed by atoms with Gasteiger partial charge >= 0.3 is 0 Å². The fourth-order valence-corrected chi connectivity index (χ4v) is 3.65. The summed E-state index contributed by atoms with van der Waals surface area (Å²) in [7, 11) is 0. The van der Waals surface area contributed by atoms with Gasteiger partial charge in [0.25, 0.3) is 0 Å². The molecule has 0 radical (unpaired) electrons. The van der Waals surface area contributed by atoms with E-state index in [0.29, 0.717) is 12.1 Å². The Morgan fingerprint density at radius 3 is 3.04 bits per heavy atom. The molecule has 7 heteroatoms. The molecule has 2 aliphatic heterocycles. The highest BCUT2D eigenvalue weighted by Gasteiger charge is 2.27. The highest BCUT2D eigenvalue weighted by molar-refractivity contribution is 5.46. The van der Waals surface area contributed by atoms with Crippen LogP contribution in [0.4, 0.5) is 5.82 Å². The van der Waals surface area contributed by atoms with Crippen LogP contribution in [0.3, 0.4) is 0 Å². The number of hydrogen-bond donors (Lipinski definition) is 0. The Balaban J connectivity index is 1.40. The van der Waals surface area contributed by atoms with Gasteiger partial charge in [0.05, 0.1) is 6.10 Å². The van der Waals surface area contributed by atoms with Crippen molar-refractivity contribution in [2.75, 3.05) is 37.7 Å². The summed E-state index contributed by atoms with van der Waals surface area (Å²) >= 11 is 0. The molecule has 2 saturated heterocycles. The maximum atomic E-state index is 5.88. The lowest BCUT2D eigenvalue weighted by Crippen LogP contribution is -2.54. The van der Waals surface area contributed by atoms with Crippen molar-refractivity contribution in [2.45, 2.75) is 38.3 Å². The van der Waals surface area contributed by atoms with Crippen molar-refractivity contribution in [1.82, 2.24) is 24.7 Å². The number of rotatable bonds is 3. The summed E-state index contributed by atoms with van der Waals surface area (Å²) in [5, 5.41) is 12.5. The predicted molar refractivity (Wildman–Crippen MR) is 87.6 cm³/mol. The average Bonchev–Trinajstić information content (AvgIpc) is 3.03. The zero-order valence-electron chi connectivity index (χ0n) is 13.6. The summed E-state index contributed by atoms with van der Waals surface area (Å²) in [6.45, 7) is 7.38. The monoisotopic (exact) mass is 316 g/mol.